The van der Waals surface area contributed by atoms with Crippen LogP contribution in [0.4, 0.5) is 0 Å². The van der Waals surface area contributed by atoms with Crippen LogP contribution in [0.15, 0.2) is 12.3 Å². The van der Waals surface area contributed by atoms with E-state index < -0.39 is 8.56 Å². The fourth-order valence-corrected chi connectivity index (χ4v) is 5.13. The summed E-state index contributed by atoms with van der Waals surface area (Å²) in [6.45, 7) is 12.3. The standard InChI is InChI=1S/C26H54O2Si/c1-5-8-10-12-14-15-16-17-18-19-20-22-24-26-28-29(4,7-3)27-25-23-21-13-11-9-6-2/h7H,3,5-6,8-26H2,1-2,4H3. The molecule has 0 fully saturated rings. The Balaban J connectivity index is 3.42. The van der Waals surface area contributed by atoms with Crippen molar-refractivity contribution in [2.24, 2.45) is 0 Å². The number of rotatable bonds is 24. The molecule has 2 nitrogen and oxygen atoms in total. The van der Waals surface area contributed by atoms with Crippen molar-refractivity contribution in [2.45, 2.75) is 142 Å². The monoisotopic (exact) mass is 426 g/mol. The third-order valence-corrected chi connectivity index (χ3v) is 8.19. The molecule has 0 saturated carbocycles. The Bertz CT molecular complexity index is 335. The summed E-state index contributed by atoms with van der Waals surface area (Å²) < 4.78 is 12.2. The molecule has 0 aliphatic carbocycles. The van der Waals surface area contributed by atoms with E-state index in [1.807, 2.05) is 5.70 Å². The van der Waals surface area contributed by atoms with Crippen molar-refractivity contribution >= 4 is 8.56 Å². The van der Waals surface area contributed by atoms with Crippen LogP contribution in [-0.4, -0.2) is 21.8 Å². The molecule has 0 bridgehead atoms. The van der Waals surface area contributed by atoms with Gasteiger partial charge in [0.1, 0.15) is 0 Å². The SMILES string of the molecule is C=C[Si](C)(OCCCCCCCC)OCCCCCCCCCCCCCCC. The first kappa shape index (κ1) is 28.9. The topological polar surface area (TPSA) is 18.5 Å². The fourth-order valence-electron chi connectivity index (χ4n) is 3.71. The predicted molar refractivity (Wildman–Crippen MR) is 133 cm³/mol. The van der Waals surface area contributed by atoms with Crippen LogP contribution in [0.5, 0.6) is 0 Å². The third-order valence-electron chi connectivity index (χ3n) is 5.89. The van der Waals surface area contributed by atoms with Crippen LogP contribution in [0.3, 0.4) is 0 Å². The lowest BCUT2D eigenvalue weighted by Crippen LogP contribution is -2.37. The molecule has 1 unspecified atom stereocenters. The lowest BCUT2D eigenvalue weighted by molar-refractivity contribution is 0.177. The lowest BCUT2D eigenvalue weighted by atomic mass is 10.0. The van der Waals surface area contributed by atoms with E-state index in [2.05, 4.69) is 27.0 Å². The molecule has 3 heteroatoms. The zero-order valence-corrected chi connectivity index (χ0v) is 21.5. The van der Waals surface area contributed by atoms with Gasteiger partial charge in [-0.3, -0.25) is 0 Å². The first-order valence-corrected chi connectivity index (χ1v) is 15.5. The van der Waals surface area contributed by atoms with Crippen molar-refractivity contribution in [3.8, 4) is 0 Å². The van der Waals surface area contributed by atoms with Gasteiger partial charge >= 0.3 is 8.56 Å². The first-order chi connectivity index (χ1) is 14.2. The summed E-state index contributed by atoms with van der Waals surface area (Å²) in [7, 11) is -2.14. The Morgan fingerprint density at radius 2 is 0.793 bits per heavy atom. The van der Waals surface area contributed by atoms with E-state index in [1.54, 1.807) is 0 Å². The Kier molecular flexibility index (Phi) is 22.5. The summed E-state index contributed by atoms with van der Waals surface area (Å²) in [6.07, 6.45) is 25.8. The smallest absolute Gasteiger partial charge is 0.361 e. The van der Waals surface area contributed by atoms with E-state index in [-0.39, 0.29) is 0 Å². The van der Waals surface area contributed by atoms with Gasteiger partial charge in [-0.25, -0.2) is 0 Å². The molecular weight excluding hydrogens is 372 g/mol. The Morgan fingerprint density at radius 3 is 1.07 bits per heavy atom. The maximum atomic E-state index is 6.12. The van der Waals surface area contributed by atoms with Gasteiger partial charge in [0, 0.05) is 13.2 Å². The first-order valence-electron chi connectivity index (χ1n) is 13.1. The summed E-state index contributed by atoms with van der Waals surface area (Å²) in [5.74, 6) is 0. The molecule has 1 atom stereocenters. The number of hydrogen-bond donors (Lipinski definition) is 0. The van der Waals surface area contributed by atoms with Crippen molar-refractivity contribution in [3.05, 3.63) is 12.3 Å². The van der Waals surface area contributed by atoms with Gasteiger partial charge in [-0.1, -0.05) is 123 Å². The van der Waals surface area contributed by atoms with Gasteiger partial charge in [0.05, 0.1) is 0 Å². The van der Waals surface area contributed by atoms with Gasteiger partial charge in [0.15, 0.2) is 0 Å². The van der Waals surface area contributed by atoms with Crippen LogP contribution in [0.1, 0.15) is 136 Å². The molecule has 29 heavy (non-hydrogen) atoms. The molecule has 0 spiro atoms. The van der Waals surface area contributed by atoms with E-state index in [4.69, 9.17) is 8.85 Å². The molecule has 0 heterocycles. The van der Waals surface area contributed by atoms with Gasteiger partial charge in [-0.2, -0.15) is 0 Å². The average Bonchev–Trinajstić information content (AvgIpc) is 2.73. The van der Waals surface area contributed by atoms with Crippen molar-refractivity contribution in [2.75, 3.05) is 13.2 Å². The molecule has 0 radical (unpaired) electrons. The van der Waals surface area contributed by atoms with Crippen molar-refractivity contribution in [1.82, 2.24) is 0 Å². The predicted octanol–water partition coefficient (Wildman–Crippen LogP) is 9.27. The normalized spacial score (nSPS) is 13.5. The minimum atomic E-state index is -2.14. The van der Waals surface area contributed by atoms with E-state index in [9.17, 15) is 0 Å². The average molecular weight is 427 g/mol. The maximum absolute atomic E-state index is 6.12. The Morgan fingerprint density at radius 1 is 0.517 bits per heavy atom. The molecule has 0 aromatic rings. The van der Waals surface area contributed by atoms with Crippen molar-refractivity contribution in [1.29, 1.82) is 0 Å². The molecule has 0 aromatic carbocycles. The van der Waals surface area contributed by atoms with Crippen LogP contribution < -0.4 is 0 Å². The second-order valence-electron chi connectivity index (χ2n) is 8.93. The molecule has 0 saturated heterocycles. The van der Waals surface area contributed by atoms with E-state index >= 15 is 0 Å². The van der Waals surface area contributed by atoms with E-state index in [0.717, 1.165) is 26.1 Å². The minimum absolute atomic E-state index is 0.833. The maximum Gasteiger partial charge on any atom is 0.361 e. The molecule has 174 valence electrons. The van der Waals surface area contributed by atoms with Crippen LogP contribution in [0.2, 0.25) is 6.55 Å². The molecule has 0 aliphatic heterocycles. The second-order valence-corrected chi connectivity index (χ2v) is 11.9. The molecule has 0 aliphatic rings. The highest BCUT2D eigenvalue weighted by atomic mass is 28.4. The van der Waals surface area contributed by atoms with Gasteiger partial charge in [0.2, 0.25) is 0 Å². The minimum Gasteiger partial charge on any atom is -0.391 e. The Hall–Kier alpha value is -0.123. The highest BCUT2D eigenvalue weighted by molar-refractivity contribution is 6.71. The fraction of sp³-hybridized carbons (Fsp3) is 0.923. The van der Waals surface area contributed by atoms with Crippen LogP contribution >= 0.6 is 0 Å². The summed E-state index contributed by atoms with van der Waals surface area (Å²) in [4.78, 5) is 0. The molecule has 0 N–H and O–H groups in total. The zero-order chi connectivity index (χ0) is 21.5. The largest absolute Gasteiger partial charge is 0.391 e. The number of unbranched alkanes of at least 4 members (excludes halogenated alkanes) is 17. The van der Waals surface area contributed by atoms with E-state index in [0.29, 0.717) is 0 Å². The highest BCUT2D eigenvalue weighted by Crippen LogP contribution is 2.14. The summed E-state index contributed by atoms with van der Waals surface area (Å²) >= 11 is 0. The van der Waals surface area contributed by atoms with Crippen LogP contribution in [-0.2, 0) is 8.85 Å². The van der Waals surface area contributed by atoms with Gasteiger partial charge in [-0.15, -0.1) is 6.58 Å². The highest BCUT2D eigenvalue weighted by Gasteiger charge is 2.26. The van der Waals surface area contributed by atoms with Crippen molar-refractivity contribution < 1.29 is 8.85 Å². The second kappa shape index (κ2) is 22.6. The Labute approximate surface area is 185 Å². The van der Waals surface area contributed by atoms with Crippen molar-refractivity contribution in [3.63, 3.8) is 0 Å². The summed E-state index contributed by atoms with van der Waals surface area (Å²) in [5, 5.41) is 0. The zero-order valence-electron chi connectivity index (χ0n) is 20.5. The molecular formula is C26H54O2Si. The van der Waals surface area contributed by atoms with Crippen LogP contribution in [0, 0.1) is 0 Å². The lowest BCUT2D eigenvalue weighted by Gasteiger charge is -2.23. The van der Waals surface area contributed by atoms with Gasteiger partial charge in [-0.05, 0) is 25.1 Å². The molecule has 0 aromatic heterocycles. The van der Waals surface area contributed by atoms with Gasteiger partial charge in [0.25, 0.3) is 0 Å². The molecule has 0 amide bonds. The van der Waals surface area contributed by atoms with E-state index in [1.165, 1.54) is 109 Å². The summed E-state index contributed by atoms with van der Waals surface area (Å²) in [5.41, 5.74) is 1.95. The summed E-state index contributed by atoms with van der Waals surface area (Å²) in [6, 6.07) is 0. The number of hydrogen-bond acceptors (Lipinski definition) is 2. The third kappa shape index (κ3) is 20.9. The van der Waals surface area contributed by atoms with Crippen LogP contribution in [0.25, 0.3) is 0 Å². The quantitative estimate of drug-likeness (QED) is 0.113. The molecule has 0 rings (SSSR count). The van der Waals surface area contributed by atoms with Gasteiger partial charge < -0.3 is 8.85 Å².